The molecule has 136 valence electrons. The van der Waals surface area contributed by atoms with Gasteiger partial charge >= 0.3 is 0 Å². The minimum absolute atomic E-state index is 0.0389. The molecule has 0 saturated heterocycles. The minimum Gasteiger partial charge on any atom is -0.392 e. The van der Waals surface area contributed by atoms with E-state index in [0.29, 0.717) is 17.9 Å². The number of amides is 1. The number of carbonyl (C=O) groups is 1. The molecule has 4 rings (SSSR count). The van der Waals surface area contributed by atoms with Crippen LogP contribution in [0.25, 0.3) is 11.3 Å². The van der Waals surface area contributed by atoms with Gasteiger partial charge in [-0.05, 0) is 36.5 Å². The van der Waals surface area contributed by atoms with Gasteiger partial charge in [0.2, 0.25) is 5.91 Å². The van der Waals surface area contributed by atoms with Gasteiger partial charge in [0.1, 0.15) is 0 Å². The largest absolute Gasteiger partial charge is 0.392 e. The molecule has 1 aliphatic rings. The van der Waals surface area contributed by atoms with Crippen LogP contribution in [-0.2, 0) is 30.7 Å². The van der Waals surface area contributed by atoms with Crippen molar-refractivity contribution in [2.75, 3.05) is 5.32 Å². The molecule has 0 bridgehead atoms. The summed E-state index contributed by atoms with van der Waals surface area (Å²) in [5.74, 6) is 0.437. The molecule has 5 heteroatoms. The Hall–Kier alpha value is -3.05. The number of carbonyl (C=O) groups excluding carboxylic acids is 1. The molecule has 0 unspecified atom stereocenters. The zero-order valence-electron chi connectivity index (χ0n) is 15.2. The maximum Gasteiger partial charge on any atom is 0.229 e. The molecular formula is C22H21N3O2. The van der Waals surface area contributed by atoms with Gasteiger partial charge in [0, 0.05) is 5.56 Å². The lowest BCUT2D eigenvalue weighted by Gasteiger charge is -2.20. The summed E-state index contributed by atoms with van der Waals surface area (Å²) in [7, 11) is 0. The Morgan fingerprint density at radius 2 is 1.89 bits per heavy atom. The second kappa shape index (κ2) is 7.29. The van der Waals surface area contributed by atoms with Crippen LogP contribution in [0.4, 0.5) is 5.82 Å². The van der Waals surface area contributed by atoms with Crippen LogP contribution >= 0.6 is 0 Å². The van der Waals surface area contributed by atoms with E-state index in [9.17, 15) is 9.90 Å². The molecule has 0 atom stereocenters. The van der Waals surface area contributed by atoms with Gasteiger partial charge in [-0.15, -0.1) is 0 Å². The highest BCUT2D eigenvalue weighted by Gasteiger charge is 2.21. The van der Waals surface area contributed by atoms with E-state index >= 15 is 0 Å². The zero-order valence-corrected chi connectivity index (χ0v) is 15.2. The smallest absolute Gasteiger partial charge is 0.229 e. The monoisotopic (exact) mass is 359 g/mol. The molecule has 1 aliphatic carbocycles. The van der Waals surface area contributed by atoms with E-state index in [1.54, 1.807) is 0 Å². The average molecular weight is 359 g/mol. The number of fused-ring (bicyclic) bond motifs is 3. The van der Waals surface area contributed by atoms with Crippen LogP contribution in [0.2, 0.25) is 0 Å². The third-order valence-electron chi connectivity index (χ3n) is 4.85. The van der Waals surface area contributed by atoms with Crippen LogP contribution in [0.1, 0.15) is 28.1 Å². The second-order valence-electron chi connectivity index (χ2n) is 6.81. The number of benzene rings is 2. The van der Waals surface area contributed by atoms with Gasteiger partial charge in [0.15, 0.2) is 5.82 Å². The summed E-state index contributed by atoms with van der Waals surface area (Å²) in [5, 5.41) is 12.2. The van der Waals surface area contributed by atoms with Crippen LogP contribution < -0.4 is 5.32 Å². The lowest BCUT2D eigenvalue weighted by atomic mass is 9.90. The Kier molecular flexibility index (Phi) is 4.69. The first-order chi connectivity index (χ1) is 13.1. The number of aromatic nitrogens is 2. The lowest BCUT2D eigenvalue weighted by Crippen LogP contribution is -2.19. The number of hydrogen-bond acceptors (Lipinski definition) is 4. The van der Waals surface area contributed by atoms with Gasteiger partial charge in [0.25, 0.3) is 0 Å². The molecule has 2 aromatic carbocycles. The van der Waals surface area contributed by atoms with Crippen molar-refractivity contribution in [3.05, 3.63) is 76.6 Å². The van der Waals surface area contributed by atoms with Gasteiger partial charge in [-0.1, -0.05) is 48.5 Å². The number of rotatable bonds is 4. The summed E-state index contributed by atoms with van der Waals surface area (Å²) in [5.41, 5.74) is 6.60. The first-order valence-electron chi connectivity index (χ1n) is 9.08. The third-order valence-corrected chi connectivity index (χ3v) is 4.85. The van der Waals surface area contributed by atoms with Gasteiger partial charge in [-0.25, -0.2) is 9.97 Å². The number of hydrogen-bond donors (Lipinski definition) is 2. The zero-order chi connectivity index (χ0) is 18.8. The Balaban J connectivity index is 1.59. The van der Waals surface area contributed by atoms with Crippen LogP contribution in [0, 0.1) is 6.92 Å². The number of nitrogens with one attached hydrogen (secondary N) is 1. The second-order valence-corrected chi connectivity index (χ2v) is 6.81. The fourth-order valence-corrected chi connectivity index (χ4v) is 3.46. The van der Waals surface area contributed by atoms with Gasteiger partial charge in [0.05, 0.1) is 30.1 Å². The maximum atomic E-state index is 12.4. The Morgan fingerprint density at radius 3 is 2.67 bits per heavy atom. The molecule has 3 aromatic rings. The first kappa shape index (κ1) is 17.4. The van der Waals surface area contributed by atoms with Crippen molar-refractivity contribution < 1.29 is 9.90 Å². The van der Waals surface area contributed by atoms with E-state index in [2.05, 4.69) is 5.32 Å². The summed E-state index contributed by atoms with van der Waals surface area (Å²) in [6, 6.07) is 15.6. The number of aliphatic hydroxyl groups is 1. The van der Waals surface area contributed by atoms with Crippen molar-refractivity contribution in [3.8, 4) is 11.3 Å². The van der Waals surface area contributed by atoms with E-state index in [1.807, 2.05) is 55.5 Å². The van der Waals surface area contributed by atoms with Crippen molar-refractivity contribution in [2.45, 2.75) is 32.8 Å². The van der Waals surface area contributed by atoms with Crippen LogP contribution in [-0.4, -0.2) is 21.0 Å². The van der Waals surface area contributed by atoms with Gasteiger partial charge < -0.3 is 10.4 Å². The number of aryl methyl sites for hydroxylation is 3. The topological polar surface area (TPSA) is 75.1 Å². The SMILES string of the molecule is Cc1nc2c(nc1NC(=O)Cc1ccccc1)CCc1cc(CO)ccc1-2. The predicted octanol–water partition coefficient (Wildman–Crippen LogP) is 3.22. The molecule has 27 heavy (non-hydrogen) atoms. The van der Waals surface area contributed by atoms with E-state index in [0.717, 1.165) is 40.9 Å². The fourth-order valence-electron chi connectivity index (χ4n) is 3.46. The van der Waals surface area contributed by atoms with E-state index in [-0.39, 0.29) is 12.5 Å². The molecule has 2 N–H and O–H groups in total. The normalized spacial score (nSPS) is 12.2. The molecule has 0 aliphatic heterocycles. The average Bonchev–Trinajstić information content (AvgIpc) is 2.69. The van der Waals surface area contributed by atoms with Gasteiger partial charge in [-0.3, -0.25) is 4.79 Å². The van der Waals surface area contributed by atoms with Crippen LogP contribution in [0.3, 0.4) is 0 Å². The summed E-state index contributed by atoms with van der Waals surface area (Å²) >= 11 is 0. The maximum absolute atomic E-state index is 12.4. The highest BCUT2D eigenvalue weighted by atomic mass is 16.3. The molecule has 1 aromatic heterocycles. The molecule has 0 fully saturated rings. The summed E-state index contributed by atoms with van der Waals surface area (Å²) in [6.45, 7) is 1.90. The minimum atomic E-state index is -0.0950. The van der Waals surface area contributed by atoms with Crippen LogP contribution in [0.5, 0.6) is 0 Å². The standard InChI is InChI=1S/C22H21N3O2/c1-14-22(25-20(27)12-15-5-3-2-4-6-15)24-19-10-8-17-11-16(13-26)7-9-18(17)21(19)23-14/h2-7,9,11,26H,8,10,12-13H2,1H3,(H,24,25,27). The summed E-state index contributed by atoms with van der Waals surface area (Å²) in [6.07, 6.45) is 1.93. The summed E-state index contributed by atoms with van der Waals surface area (Å²) in [4.78, 5) is 21.8. The highest BCUT2D eigenvalue weighted by Crippen LogP contribution is 2.33. The third kappa shape index (κ3) is 3.59. The molecule has 0 radical (unpaired) electrons. The molecule has 5 nitrogen and oxygen atoms in total. The van der Waals surface area contributed by atoms with Crippen molar-refractivity contribution in [1.29, 1.82) is 0 Å². The summed E-state index contributed by atoms with van der Waals surface area (Å²) < 4.78 is 0. The van der Waals surface area contributed by atoms with Crippen molar-refractivity contribution in [1.82, 2.24) is 9.97 Å². The number of anilines is 1. The fraction of sp³-hybridized carbons (Fsp3) is 0.227. The predicted molar refractivity (Wildman–Crippen MR) is 104 cm³/mol. The molecule has 1 heterocycles. The van der Waals surface area contributed by atoms with E-state index in [4.69, 9.17) is 9.97 Å². The number of aliphatic hydroxyl groups excluding tert-OH is 1. The first-order valence-corrected chi connectivity index (χ1v) is 9.08. The van der Waals surface area contributed by atoms with Crippen molar-refractivity contribution in [3.63, 3.8) is 0 Å². The molecular weight excluding hydrogens is 338 g/mol. The van der Waals surface area contributed by atoms with Crippen molar-refractivity contribution >= 4 is 11.7 Å². The van der Waals surface area contributed by atoms with E-state index < -0.39 is 0 Å². The Morgan fingerprint density at radius 1 is 1.07 bits per heavy atom. The van der Waals surface area contributed by atoms with Gasteiger partial charge in [-0.2, -0.15) is 0 Å². The van der Waals surface area contributed by atoms with Crippen LogP contribution in [0.15, 0.2) is 48.5 Å². The Labute approximate surface area is 158 Å². The molecule has 0 spiro atoms. The van der Waals surface area contributed by atoms with Crippen molar-refractivity contribution in [2.24, 2.45) is 0 Å². The molecule has 1 amide bonds. The van der Waals surface area contributed by atoms with E-state index in [1.165, 1.54) is 5.56 Å². The highest BCUT2D eigenvalue weighted by molar-refractivity contribution is 5.92. The molecule has 0 saturated carbocycles. The quantitative estimate of drug-likeness (QED) is 0.750. The lowest BCUT2D eigenvalue weighted by molar-refractivity contribution is -0.115. The Bertz CT molecular complexity index is 1000. The number of nitrogens with zero attached hydrogens (tertiary/aromatic N) is 2.